The molecule has 0 saturated heterocycles. The fourth-order valence-electron chi connectivity index (χ4n) is 3.91. The zero-order chi connectivity index (χ0) is 21.4. The highest BCUT2D eigenvalue weighted by Gasteiger charge is 2.18. The molecule has 5 aromatic rings. The van der Waals surface area contributed by atoms with Gasteiger partial charge in [0.05, 0.1) is 0 Å². The average molecular weight is 425 g/mol. The van der Waals surface area contributed by atoms with Crippen molar-refractivity contribution in [2.75, 3.05) is 0 Å². The van der Waals surface area contributed by atoms with Gasteiger partial charge in [-0.25, -0.2) is 4.98 Å². The first kappa shape index (κ1) is 19.4. The maximum absolute atomic E-state index is 13.6. The van der Waals surface area contributed by atoms with Crippen LogP contribution in [0.25, 0.3) is 31.7 Å². The van der Waals surface area contributed by atoms with Crippen molar-refractivity contribution in [1.82, 2.24) is 9.55 Å². The Hall–Kier alpha value is -3.57. The predicted molar refractivity (Wildman–Crippen MR) is 128 cm³/mol. The summed E-state index contributed by atoms with van der Waals surface area (Å²) < 4.78 is 2.50. The van der Waals surface area contributed by atoms with Crippen molar-refractivity contribution < 1.29 is 0 Å². The molecule has 5 heteroatoms. The number of aryl methyl sites for hydroxylation is 2. The molecule has 2 aromatic heterocycles. The lowest BCUT2D eigenvalue weighted by Crippen LogP contribution is -2.28. The van der Waals surface area contributed by atoms with Gasteiger partial charge in [0.1, 0.15) is 16.0 Å². The van der Waals surface area contributed by atoms with Gasteiger partial charge in [0.15, 0.2) is 0 Å². The van der Waals surface area contributed by atoms with Gasteiger partial charge in [-0.05, 0) is 36.6 Å². The molecule has 3 aromatic carbocycles. The van der Waals surface area contributed by atoms with E-state index in [-0.39, 0.29) is 16.4 Å². The van der Waals surface area contributed by atoms with Gasteiger partial charge in [-0.15, -0.1) is 11.3 Å². The number of nitrogens with zero attached hydrogens (tertiary/aromatic N) is 2. The fourth-order valence-corrected chi connectivity index (χ4v) is 4.95. The molecule has 0 spiro atoms. The van der Waals surface area contributed by atoms with Crippen LogP contribution in [0.2, 0.25) is 0 Å². The molecule has 2 heterocycles. The summed E-state index contributed by atoms with van der Waals surface area (Å²) in [5.41, 5.74) is 2.56. The molecule has 5 rings (SSSR count). The highest BCUT2D eigenvalue weighted by molar-refractivity contribution is 7.24. The van der Waals surface area contributed by atoms with Crippen LogP contribution in [0.4, 0.5) is 0 Å². The lowest BCUT2D eigenvalue weighted by molar-refractivity contribution is 0.671. The molecule has 0 fully saturated rings. The van der Waals surface area contributed by atoms with E-state index in [1.807, 2.05) is 79.7 Å². The number of aromatic nitrogens is 2. The summed E-state index contributed by atoms with van der Waals surface area (Å²) in [4.78, 5) is 32.2. The number of rotatable bonds is 4. The highest BCUT2D eigenvalue weighted by atomic mass is 32.1. The Morgan fingerprint density at radius 2 is 1.58 bits per heavy atom. The van der Waals surface area contributed by atoms with Crippen LogP contribution in [0, 0.1) is 6.92 Å². The van der Waals surface area contributed by atoms with Crippen molar-refractivity contribution in [3.05, 3.63) is 111 Å². The average Bonchev–Trinajstić information content (AvgIpc) is 2.79. The van der Waals surface area contributed by atoms with Crippen molar-refractivity contribution in [3.63, 3.8) is 0 Å². The molecule has 4 nitrogen and oxygen atoms in total. The summed E-state index contributed by atoms with van der Waals surface area (Å²) in [6.07, 6.45) is 0.679. The first-order chi connectivity index (χ1) is 15.1. The normalized spacial score (nSPS) is 11.3. The van der Waals surface area contributed by atoms with Crippen LogP contribution >= 0.6 is 11.3 Å². The summed E-state index contributed by atoms with van der Waals surface area (Å²) in [6.45, 7) is 2.46. The van der Waals surface area contributed by atoms with Gasteiger partial charge >= 0.3 is 0 Å². The van der Waals surface area contributed by atoms with Gasteiger partial charge < -0.3 is 0 Å². The third-order valence-corrected chi connectivity index (χ3v) is 6.62. The van der Waals surface area contributed by atoms with Gasteiger partial charge in [-0.3, -0.25) is 14.2 Å². The second kappa shape index (κ2) is 7.93. The van der Waals surface area contributed by atoms with Gasteiger partial charge in [0.25, 0.3) is 5.56 Å². The quantitative estimate of drug-likeness (QED) is 0.373. The molecule has 0 aliphatic heterocycles. The lowest BCUT2D eigenvalue weighted by atomic mass is 10.1. The van der Waals surface area contributed by atoms with Crippen molar-refractivity contribution in [1.29, 1.82) is 0 Å². The van der Waals surface area contributed by atoms with Crippen LogP contribution in [-0.4, -0.2) is 9.55 Å². The van der Waals surface area contributed by atoms with E-state index in [1.54, 1.807) is 10.6 Å². The monoisotopic (exact) mass is 424 g/mol. The summed E-state index contributed by atoms with van der Waals surface area (Å²) in [6, 6.07) is 25.3. The molecule has 0 radical (unpaired) electrons. The summed E-state index contributed by atoms with van der Waals surface area (Å²) >= 11 is 1.39. The van der Waals surface area contributed by atoms with Gasteiger partial charge in [0.2, 0.25) is 5.43 Å². The third kappa shape index (κ3) is 3.47. The van der Waals surface area contributed by atoms with E-state index in [9.17, 15) is 9.59 Å². The molecule has 0 aliphatic rings. The number of fused-ring (bicyclic) bond motifs is 2. The molecular formula is C26H20N2O2S. The third-order valence-electron chi connectivity index (χ3n) is 5.55. The molecule has 0 N–H and O–H groups in total. The van der Waals surface area contributed by atoms with E-state index in [2.05, 4.69) is 0 Å². The Morgan fingerprint density at radius 1 is 0.871 bits per heavy atom. The van der Waals surface area contributed by atoms with E-state index in [0.29, 0.717) is 29.0 Å². The van der Waals surface area contributed by atoms with Crippen LogP contribution in [0.3, 0.4) is 0 Å². The van der Waals surface area contributed by atoms with E-state index in [1.165, 1.54) is 11.3 Å². The Balaban J connectivity index is 1.80. The highest BCUT2D eigenvalue weighted by Crippen LogP contribution is 2.26. The second-order valence-electron chi connectivity index (χ2n) is 7.55. The summed E-state index contributed by atoms with van der Waals surface area (Å²) in [5.74, 6) is 0.609. The van der Waals surface area contributed by atoms with E-state index < -0.39 is 0 Å². The van der Waals surface area contributed by atoms with Crippen LogP contribution in [-0.2, 0) is 13.0 Å². The van der Waals surface area contributed by atoms with Crippen molar-refractivity contribution in [3.8, 4) is 11.4 Å². The molecule has 0 amide bonds. The van der Waals surface area contributed by atoms with Gasteiger partial charge in [-0.1, -0.05) is 66.7 Å². The SMILES string of the molecule is Cc1ccccc1-c1nc2sc3ccccc3c(=O)c2c(=O)n1CCc1ccccc1. The minimum absolute atomic E-state index is 0.175. The smallest absolute Gasteiger partial charge is 0.266 e. The van der Waals surface area contributed by atoms with Crippen LogP contribution in [0.15, 0.2) is 88.5 Å². The minimum atomic E-state index is -0.272. The summed E-state index contributed by atoms with van der Waals surface area (Å²) in [7, 11) is 0. The minimum Gasteiger partial charge on any atom is -0.292 e. The Bertz CT molecular complexity index is 1530. The molecule has 0 saturated carbocycles. The van der Waals surface area contributed by atoms with Crippen molar-refractivity contribution in [2.45, 2.75) is 19.9 Å². The maximum Gasteiger partial charge on any atom is 0.266 e. The van der Waals surface area contributed by atoms with Crippen LogP contribution in [0.5, 0.6) is 0 Å². The first-order valence-electron chi connectivity index (χ1n) is 10.2. The van der Waals surface area contributed by atoms with E-state index in [0.717, 1.165) is 21.4 Å². The van der Waals surface area contributed by atoms with E-state index >= 15 is 0 Å². The zero-order valence-corrected chi connectivity index (χ0v) is 17.9. The molecule has 0 bridgehead atoms. The Labute approximate surface area is 183 Å². The maximum atomic E-state index is 13.6. The number of hydrogen-bond donors (Lipinski definition) is 0. The second-order valence-corrected chi connectivity index (χ2v) is 8.58. The van der Waals surface area contributed by atoms with Gasteiger partial charge in [0, 0.05) is 22.2 Å². The first-order valence-corrected chi connectivity index (χ1v) is 11.0. The molecule has 0 aliphatic carbocycles. The Morgan fingerprint density at radius 3 is 2.39 bits per heavy atom. The van der Waals surface area contributed by atoms with Crippen molar-refractivity contribution in [2.24, 2.45) is 0 Å². The standard InChI is InChI=1S/C26H20N2O2S/c1-17-9-5-6-12-19(17)24-27-25-22(23(29)20-13-7-8-14-21(20)31-25)26(30)28(24)16-15-18-10-3-2-4-11-18/h2-14H,15-16H2,1H3. The molecule has 152 valence electrons. The number of hydrogen-bond acceptors (Lipinski definition) is 4. The van der Waals surface area contributed by atoms with Crippen LogP contribution in [0.1, 0.15) is 11.1 Å². The Kier molecular flexibility index (Phi) is 4.96. The van der Waals surface area contributed by atoms with Crippen LogP contribution < -0.4 is 11.0 Å². The van der Waals surface area contributed by atoms with E-state index in [4.69, 9.17) is 4.98 Å². The topological polar surface area (TPSA) is 52.0 Å². The van der Waals surface area contributed by atoms with Crippen molar-refractivity contribution >= 4 is 31.6 Å². The number of benzene rings is 3. The molecular weight excluding hydrogens is 404 g/mol. The van der Waals surface area contributed by atoms with Gasteiger partial charge in [-0.2, -0.15) is 0 Å². The fraction of sp³-hybridized carbons (Fsp3) is 0.115. The lowest BCUT2D eigenvalue weighted by Gasteiger charge is -2.15. The predicted octanol–water partition coefficient (Wildman–Crippen LogP) is 5.19. The molecule has 0 atom stereocenters. The largest absolute Gasteiger partial charge is 0.292 e. The summed E-state index contributed by atoms with van der Waals surface area (Å²) in [5, 5.41) is 0.742. The molecule has 31 heavy (non-hydrogen) atoms. The molecule has 0 unspecified atom stereocenters. The zero-order valence-electron chi connectivity index (χ0n) is 17.0.